The number of hydrogen-bond donors (Lipinski definition) is 2. The van der Waals surface area contributed by atoms with Gasteiger partial charge in [-0.2, -0.15) is 0 Å². The Hall–Kier alpha value is -3.17. The maximum Gasteiger partial charge on any atom is 0.264 e. The zero-order chi connectivity index (χ0) is 23.5. The predicted octanol–water partition coefficient (Wildman–Crippen LogP) is 2.27. The molecule has 1 atom stereocenters. The number of carbonyl (C=O) groups excluding carboxylic acids is 1. The molecule has 3 aromatic rings. The fourth-order valence-corrected chi connectivity index (χ4v) is 3.36. The molecular weight excluding hydrogens is 410 g/mol. The van der Waals surface area contributed by atoms with Crippen molar-refractivity contribution in [2.75, 3.05) is 25.6 Å². The molecule has 0 fully saturated rings. The molecule has 170 valence electrons. The normalized spacial score (nSPS) is 12.7. The second kappa shape index (κ2) is 9.54. The number of ketones is 1. The van der Waals surface area contributed by atoms with Crippen LogP contribution in [0, 0.1) is 5.92 Å². The van der Waals surface area contributed by atoms with Crippen molar-refractivity contribution in [1.82, 2.24) is 19.5 Å². The van der Waals surface area contributed by atoms with Crippen molar-refractivity contribution in [2.24, 2.45) is 13.0 Å². The van der Waals surface area contributed by atoms with Crippen LogP contribution < -0.4 is 10.9 Å². The molecule has 0 bridgehead atoms. The van der Waals surface area contributed by atoms with Crippen LogP contribution in [0.3, 0.4) is 0 Å². The lowest BCUT2D eigenvalue weighted by Crippen LogP contribution is -2.22. The van der Waals surface area contributed by atoms with Gasteiger partial charge in [0.1, 0.15) is 23.4 Å². The molecule has 0 unspecified atom stereocenters. The van der Waals surface area contributed by atoms with Crippen LogP contribution in [0.25, 0.3) is 22.2 Å². The fourth-order valence-electron chi connectivity index (χ4n) is 3.36. The lowest BCUT2D eigenvalue weighted by atomic mass is 10.0. The van der Waals surface area contributed by atoms with E-state index in [0.717, 1.165) is 5.56 Å². The van der Waals surface area contributed by atoms with Gasteiger partial charge >= 0.3 is 0 Å². The molecule has 3 aromatic heterocycles. The number of fused-ring (bicyclic) bond motifs is 1. The maximum absolute atomic E-state index is 12.8. The topological polar surface area (TPSA) is 119 Å². The summed E-state index contributed by atoms with van der Waals surface area (Å²) in [6.07, 6.45) is 3.47. The third kappa shape index (κ3) is 5.35. The zero-order valence-electron chi connectivity index (χ0n) is 19.0. The number of aromatic nitrogens is 4. The van der Waals surface area contributed by atoms with E-state index in [-0.39, 0.29) is 23.9 Å². The summed E-state index contributed by atoms with van der Waals surface area (Å²) in [7, 11) is 3.13. The van der Waals surface area contributed by atoms with Gasteiger partial charge in [0, 0.05) is 38.9 Å². The SMILES string of the molecule is COCC(=O)C[C@@H](C)CNc1nc(-c2ccc(C(C)(C)O)nc2)cc2ncn(C)c(=O)c12. The molecule has 0 saturated heterocycles. The Labute approximate surface area is 186 Å². The molecular formula is C23H29N5O4. The molecule has 0 saturated carbocycles. The van der Waals surface area contributed by atoms with E-state index in [0.29, 0.717) is 41.1 Å². The van der Waals surface area contributed by atoms with Gasteiger partial charge in [-0.05, 0) is 38.0 Å². The summed E-state index contributed by atoms with van der Waals surface area (Å²) in [6.45, 7) is 5.82. The average molecular weight is 440 g/mol. The minimum absolute atomic E-state index is 0.0175. The standard InChI is InChI=1S/C23H29N5O4/c1-14(8-16(29)12-32-5)10-25-21-20-18(26-13-28(4)22(20)30)9-17(27-21)15-6-7-19(24-11-15)23(2,3)31/h6-7,9,11,13-14,31H,8,10,12H2,1-5H3,(H,25,27)/t14-/m1/s1. The van der Waals surface area contributed by atoms with Crippen molar-refractivity contribution in [3.8, 4) is 11.3 Å². The minimum Gasteiger partial charge on any atom is -0.384 e. The smallest absolute Gasteiger partial charge is 0.264 e. The highest BCUT2D eigenvalue weighted by molar-refractivity contribution is 5.91. The largest absolute Gasteiger partial charge is 0.384 e. The van der Waals surface area contributed by atoms with Crippen LogP contribution in [0.15, 0.2) is 35.5 Å². The van der Waals surface area contributed by atoms with E-state index in [2.05, 4.69) is 20.3 Å². The molecule has 0 aromatic carbocycles. The third-order valence-electron chi connectivity index (χ3n) is 5.09. The summed E-state index contributed by atoms with van der Waals surface area (Å²) in [5.41, 5.74) is 1.12. The molecule has 9 nitrogen and oxygen atoms in total. The summed E-state index contributed by atoms with van der Waals surface area (Å²) >= 11 is 0. The predicted molar refractivity (Wildman–Crippen MR) is 122 cm³/mol. The van der Waals surface area contributed by atoms with Crippen molar-refractivity contribution < 1.29 is 14.6 Å². The number of nitrogens with one attached hydrogen (secondary N) is 1. The van der Waals surface area contributed by atoms with Gasteiger partial charge in [0.2, 0.25) is 0 Å². The van der Waals surface area contributed by atoms with Gasteiger partial charge in [-0.25, -0.2) is 9.97 Å². The van der Waals surface area contributed by atoms with E-state index in [1.165, 1.54) is 18.0 Å². The van der Waals surface area contributed by atoms with Crippen molar-refractivity contribution >= 4 is 22.5 Å². The molecule has 2 N–H and O–H groups in total. The van der Waals surface area contributed by atoms with Gasteiger partial charge in [0.05, 0.1) is 23.2 Å². The van der Waals surface area contributed by atoms with Gasteiger partial charge in [-0.1, -0.05) is 6.92 Å². The molecule has 32 heavy (non-hydrogen) atoms. The molecule has 0 spiro atoms. The minimum atomic E-state index is -1.05. The van der Waals surface area contributed by atoms with E-state index >= 15 is 0 Å². The first kappa shape index (κ1) is 23.5. The van der Waals surface area contributed by atoms with Crippen LogP contribution in [0.4, 0.5) is 5.82 Å². The van der Waals surface area contributed by atoms with Crippen molar-refractivity contribution in [3.05, 3.63) is 46.8 Å². The first-order valence-electron chi connectivity index (χ1n) is 10.4. The Balaban J connectivity index is 1.97. The van der Waals surface area contributed by atoms with E-state index in [1.807, 2.05) is 13.0 Å². The van der Waals surface area contributed by atoms with E-state index < -0.39 is 5.60 Å². The number of aryl methyl sites for hydroxylation is 1. The molecule has 0 radical (unpaired) electrons. The van der Waals surface area contributed by atoms with Crippen LogP contribution in [-0.4, -0.2) is 50.7 Å². The molecule has 0 aliphatic rings. The number of ether oxygens (including phenoxy) is 1. The van der Waals surface area contributed by atoms with Crippen LogP contribution in [0.1, 0.15) is 32.9 Å². The Morgan fingerprint density at radius 3 is 2.69 bits per heavy atom. The van der Waals surface area contributed by atoms with Gasteiger partial charge < -0.3 is 19.7 Å². The summed E-state index contributed by atoms with van der Waals surface area (Å²) in [6, 6.07) is 5.31. The molecule has 9 heteroatoms. The van der Waals surface area contributed by atoms with Gasteiger partial charge in [0.15, 0.2) is 5.78 Å². The number of nitrogens with zero attached hydrogens (tertiary/aromatic N) is 4. The number of hydrogen-bond acceptors (Lipinski definition) is 8. The summed E-state index contributed by atoms with van der Waals surface area (Å²) in [5, 5.41) is 13.8. The second-order valence-electron chi connectivity index (χ2n) is 8.56. The average Bonchev–Trinajstić information content (AvgIpc) is 2.74. The molecule has 3 heterocycles. The van der Waals surface area contributed by atoms with E-state index in [9.17, 15) is 14.7 Å². The highest BCUT2D eigenvalue weighted by Crippen LogP contribution is 2.26. The maximum atomic E-state index is 12.8. The Morgan fingerprint density at radius 2 is 2.06 bits per heavy atom. The quantitative estimate of drug-likeness (QED) is 0.521. The van der Waals surface area contributed by atoms with Crippen molar-refractivity contribution in [1.29, 1.82) is 0 Å². The third-order valence-corrected chi connectivity index (χ3v) is 5.09. The number of anilines is 1. The number of carbonyl (C=O) groups is 1. The summed E-state index contributed by atoms with van der Waals surface area (Å²) in [4.78, 5) is 38.1. The van der Waals surface area contributed by atoms with Crippen molar-refractivity contribution in [3.63, 3.8) is 0 Å². The Kier molecular flexibility index (Phi) is 7.00. The number of Topliss-reactive ketones (excluding diaryl/α,β-unsaturated/α-hetero) is 1. The van der Waals surface area contributed by atoms with Gasteiger partial charge in [0.25, 0.3) is 5.56 Å². The number of pyridine rings is 2. The van der Waals surface area contributed by atoms with E-state index in [4.69, 9.17) is 4.74 Å². The zero-order valence-corrected chi connectivity index (χ0v) is 19.0. The Bertz CT molecular complexity index is 1170. The summed E-state index contributed by atoms with van der Waals surface area (Å²) in [5.74, 6) is 0.444. The molecule has 0 aliphatic carbocycles. The Morgan fingerprint density at radius 1 is 1.31 bits per heavy atom. The van der Waals surface area contributed by atoms with Gasteiger partial charge in [-0.15, -0.1) is 0 Å². The monoisotopic (exact) mass is 439 g/mol. The lowest BCUT2D eigenvalue weighted by molar-refractivity contribution is -0.123. The summed E-state index contributed by atoms with van der Waals surface area (Å²) < 4.78 is 6.29. The molecule has 0 amide bonds. The van der Waals surface area contributed by atoms with Gasteiger partial charge in [-0.3, -0.25) is 14.6 Å². The number of methoxy groups -OCH3 is 1. The van der Waals surface area contributed by atoms with Crippen LogP contribution in [0.5, 0.6) is 0 Å². The lowest BCUT2D eigenvalue weighted by Gasteiger charge is -2.17. The van der Waals surface area contributed by atoms with Crippen LogP contribution in [0.2, 0.25) is 0 Å². The van der Waals surface area contributed by atoms with Crippen molar-refractivity contribution in [2.45, 2.75) is 32.8 Å². The first-order chi connectivity index (χ1) is 15.1. The van der Waals surface area contributed by atoms with Crippen LogP contribution in [-0.2, 0) is 22.2 Å². The highest BCUT2D eigenvalue weighted by atomic mass is 16.5. The molecule has 3 rings (SSSR count). The highest BCUT2D eigenvalue weighted by Gasteiger charge is 2.19. The van der Waals surface area contributed by atoms with E-state index in [1.54, 1.807) is 39.2 Å². The van der Waals surface area contributed by atoms with Crippen LogP contribution >= 0.6 is 0 Å². The molecule has 0 aliphatic heterocycles. The fraction of sp³-hybridized carbons (Fsp3) is 0.435. The number of rotatable bonds is 9. The number of aliphatic hydroxyl groups is 1. The second-order valence-corrected chi connectivity index (χ2v) is 8.56. The first-order valence-corrected chi connectivity index (χ1v) is 10.4.